The van der Waals surface area contributed by atoms with Crippen molar-refractivity contribution < 1.29 is 4.79 Å². The SMILES string of the molecule is O=C1CCCc2c1c1cc(Br)ccc1n2-c1ccc(Br)cc1. The quantitative estimate of drug-likeness (QED) is 0.498. The van der Waals surface area contributed by atoms with Crippen molar-refractivity contribution in [1.82, 2.24) is 4.57 Å². The lowest BCUT2D eigenvalue weighted by Crippen LogP contribution is -2.12. The first-order chi connectivity index (χ1) is 10.6. The summed E-state index contributed by atoms with van der Waals surface area (Å²) in [6.45, 7) is 0. The van der Waals surface area contributed by atoms with Gasteiger partial charge in [0.2, 0.25) is 0 Å². The Morgan fingerprint density at radius 2 is 1.64 bits per heavy atom. The normalized spacial score (nSPS) is 14.4. The first kappa shape index (κ1) is 14.2. The van der Waals surface area contributed by atoms with Gasteiger partial charge < -0.3 is 4.57 Å². The highest BCUT2D eigenvalue weighted by atomic mass is 79.9. The summed E-state index contributed by atoms with van der Waals surface area (Å²) in [7, 11) is 0. The van der Waals surface area contributed by atoms with Crippen LogP contribution in [0.25, 0.3) is 16.6 Å². The molecular formula is C18H13Br2NO. The topological polar surface area (TPSA) is 22.0 Å². The predicted molar refractivity (Wildman–Crippen MR) is 95.9 cm³/mol. The van der Waals surface area contributed by atoms with Crippen molar-refractivity contribution in [3.05, 3.63) is 62.7 Å². The van der Waals surface area contributed by atoms with Gasteiger partial charge in [0.25, 0.3) is 0 Å². The molecule has 4 heteroatoms. The fourth-order valence-electron chi connectivity index (χ4n) is 3.29. The van der Waals surface area contributed by atoms with Crippen LogP contribution >= 0.6 is 31.9 Å². The molecular weight excluding hydrogens is 406 g/mol. The van der Waals surface area contributed by atoms with Crippen LogP contribution in [0.1, 0.15) is 28.9 Å². The first-order valence-corrected chi connectivity index (χ1v) is 8.86. The minimum absolute atomic E-state index is 0.264. The second-order valence-electron chi connectivity index (χ2n) is 5.57. The molecule has 110 valence electrons. The monoisotopic (exact) mass is 417 g/mol. The van der Waals surface area contributed by atoms with Crippen molar-refractivity contribution >= 4 is 48.5 Å². The van der Waals surface area contributed by atoms with Crippen LogP contribution in [-0.4, -0.2) is 10.4 Å². The smallest absolute Gasteiger partial charge is 0.165 e. The van der Waals surface area contributed by atoms with E-state index in [-0.39, 0.29) is 5.78 Å². The number of fused-ring (bicyclic) bond motifs is 3. The fourth-order valence-corrected chi connectivity index (χ4v) is 3.92. The van der Waals surface area contributed by atoms with Crippen molar-refractivity contribution in [3.8, 4) is 5.69 Å². The Labute approximate surface area is 145 Å². The van der Waals surface area contributed by atoms with Gasteiger partial charge in [-0.3, -0.25) is 4.79 Å². The van der Waals surface area contributed by atoms with Crippen molar-refractivity contribution in [3.63, 3.8) is 0 Å². The number of aromatic nitrogens is 1. The number of hydrogen-bond acceptors (Lipinski definition) is 1. The van der Waals surface area contributed by atoms with E-state index in [2.05, 4.69) is 60.7 Å². The maximum atomic E-state index is 12.5. The molecule has 22 heavy (non-hydrogen) atoms. The molecule has 0 unspecified atom stereocenters. The standard InChI is InChI=1S/C18H13Br2NO/c19-11-4-7-13(8-5-11)21-15-9-6-12(20)10-14(15)18-16(21)2-1-3-17(18)22/h4-10H,1-3H2. The second kappa shape index (κ2) is 5.36. The Balaban J connectivity index is 2.09. The number of nitrogens with zero attached hydrogens (tertiary/aromatic N) is 1. The van der Waals surface area contributed by atoms with Crippen molar-refractivity contribution in [2.24, 2.45) is 0 Å². The van der Waals surface area contributed by atoms with Crippen molar-refractivity contribution in [1.29, 1.82) is 0 Å². The van der Waals surface area contributed by atoms with Crippen LogP contribution in [0.2, 0.25) is 0 Å². The number of Topliss-reactive ketones (excluding diaryl/α,β-unsaturated/α-hetero) is 1. The highest BCUT2D eigenvalue weighted by Crippen LogP contribution is 2.36. The summed E-state index contributed by atoms with van der Waals surface area (Å²) in [5.74, 6) is 0.264. The lowest BCUT2D eigenvalue weighted by molar-refractivity contribution is 0.0973. The van der Waals surface area contributed by atoms with E-state index in [0.717, 1.165) is 49.6 Å². The Bertz CT molecular complexity index is 894. The van der Waals surface area contributed by atoms with Gasteiger partial charge in [0.15, 0.2) is 5.78 Å². The molecule has 2 nitrogen and oxygen atoms in total. The largest absolute Gasteiger partial charge is 0.313 e. The Morgan fingerprint density at radius 1 is 0.909 bits per heavy atom. The molecule has 0 saturated heterocycles. The van der Waals surface area contributed by atoms with Gasteiger partial charge in [-0.1, -0.05) is 31.9 Å². The van der Waals surface area contributed by atoms with Crippen LogP contribution in [0.15, 0.2) is 51.4 Å². The molecule has 0 fully saturated rings. The molecule has 1 aliphatic rings. The van der Waals surface area contributed by atoms with Gasteiger partial charge in [-0.25, -0.2) is 0 Å². The molecule has 2 aromatic carbocycles. The van der Waals surface area contributed by atoms with Crippen molar-refractivity contribution in [2.45, 2.75) is 19.3 Å². The number of ketones is 1. The van der Waals surface area contributed by atoms with Gasteiger partial charge in [0.05, 0.1) is 5.52 Å². The summed E-state index contributed by atoms with van der Waals surface area (Å²) >= 11 is 7.01. The highest BCUT2D eigenvalue weighted by Gasteiger charge is 2.26. The summed E-state index contributed by atoms with van der Waals surface area (Å²) in [6.07, 6.45) is 2.53. The minimum Gasteiger partial charge on any atom is -0.313 e. The highest BCUT2D eigenvalue weighted by molar-refractivity contribution is 9.10. The summed E-state index contributed by atoms with van der Waals surface area (Å²) in [5.41, 5.74) is 4.26. The average molecular weight is 419 g/mol. The average Bonchev–Trinajstić information content (AvgIpc) is 2.83. The molecule has 0 bridgehead atoms. The lowest BCUT2D eigenvalue weighted by atomic mass is 9.94. The van der Waals surface area contributed by atoms with Crippen LogP contribution in [0.3, 0.4) is 0 Å². The number of benzene rings is 2. The van der Waals surface area contributed by atoms with E-state index < -0.39 is 0 Å². The van der Waals surface area contributed by atoms with E-state index in [9.17, 15) is 4.79 Å². The zero-order chi connectivity index (χ0) is 15.3. The molecule has 1 aromatic heterocycles. The third-order valence-corrected chi connectivity index (χ3v) is 5.23. The van der Waals surface area contributed by atoms with E-state index in [4.69, 9.17) is 0 Å². The molecule has 0 spiro atoms. The summed E-state index contributed by atoms with van der Waals surface area (Å²) in [5, 5.41) is 1.05. The maximum absolute atomic E-state index is 12.5. The van der Waals surface area contributed by atoms with Gasteiger partial charge >= 0.3 is 0 Å². The summed E-state index contributed by atoms with van der Waals surface area (Å²) in [4.78, 5) is 12.5. The molecule has 1 heterocycles. The van der Waals surface area contributed by atoms with E-state index in [1.165, 1.54) is 0 Å². The van der Waals surface area contributed by atoms with Gasteiger partial charge in [-0.05, 0) is 55.3 Å². The molecule has 0 amide bonds. The van der Waals surface area contributed by atoms with E-state index in [0.29, 0.717) is 6.42 Å². The number of carbonyl (C=O) groups excluding carboxylic acids is 1. The van der Waals surface area contributed by atoms with Crippen LogP contribution in [0.5, 0.6) is 0 Å². The third-order valence-electron chi connectivity index (χ3n) is 4.21. The van der Waals surface area contributed by atoms with E-state index >= 15 is 0 Å². The van der Waals surface area contributed by atoms with E-state index in [1.807, 2.05) is 18.2 Å². The zero-order valence-corrected chi connectivity index (χ0v) is 14.9. The number of halogens is 2. The predicted octanol–water partition coefficient (Wildman–Crippen LogP) is 5.67. The molecule has 0 aliphatic heterocycles. The molecule has 4 rings (SSSR count). The molecule has 0 saturated carbocycles. The van der Waals surface area contributed by atoms with Gasteiger partial charge in [0.1, 0.15) is 0 Å². The Hall–Kier alpha value is -1.39. The molecule has 0 N–H and O–H groups in total. The number of rotatable bonds is 1. The van der Waals surface area contributed by atoms with Crippen LogP contribution in [0.4, 0.5) is 0 Å². The Morgan fingerprint density at radius 3 is 2.41 bits per heavy atom. The summed E-state index contributed by atoms with van der Waals surface area (Å²) < 4.78 is 4.30. The molecule has 0 atom stereocenters. The molecule has 3 aromatic rings. The van der Waals surface area contributed by atoms with E-state index in [1.54, 1.807) is 0 Å². The third kappa shape index (κ3) is 2.17. The van der Waals surface area contributed by atoms with Crippen molar-refractivity contribution in [2.75, 3.05) is 0 Å². The lowest BCUT2D eigenvalue weighted by Gasteiger charge is -2.15. The van der Waals surface area contributed by atoms with Gasteiger partial charge in [-0.15, -0.1) is 0 Å². The molecule has 1 aliphatic carbocycles. The van der Waals surface area contributed by atoms with Gasteiger partial charge in [0, 0.05) is 37.7 Å². The maximum Gasteiger partial charge on any atom is 0.165 e. The number of carbonyl (C=O) groups is 1. The van der Waals surface area contributed by atoms with Crippen LogP contribution in [0, 0.1) is 0 Å². The van der Waals surface area contributed by atoms with Crippen LogP contribution in [-0.2, 0) is 6.42 Å². The molecule has 0 radical (unpaired) electrons. The first-order valence-electron chi connectivity index (χ1n) is 7.27. The number of hydrogen-bond donors (Lipinski definition) is 0. The second-order valence-corrected chi connectivity index (χ2v) is 7.40. The van der Waals surface area contributed by atoms with Crippen LogP contribution < -0.4 is 0 Å². The van der Waals surface area contributed by atoms with Gasteiger partial charge in [-0.2, -0.15) is 0 Å². The minimum atomic E-state index is 0.264. The fraction of sp³-hybridized carbons (Fsp3) is 0.167. The summed E-state index contributed by atoms with van der Waals surface area (Å²) in [6, 6.07) is 14.4. The Kier molecular flexibility index (Phi) is 3.46. The zero-order valence-electron chi connectivity index (χ0n) is 11.8.